The molecule has 38 heavy (non-hydrogen) atoms. The third-order valence-electron chi connectivity index (χ3n) is 5.79. The quantitative estimate of drug-likeness (QED) is 0.262. The molecule has 3 heterocycles. The highest BCUT2D eigenvalue weighted by molar-refractivity contribution is 5.91. The normalized spacial score (nSPS) is 10.9. The molecule has 5 rings (SSSR count). The molecule has 11 heteroatoms. The van der Waals surface area contributed by atoms with E-state index in [0.29, 0.717) is 46.8 Å². The molecule has 2 N–H and O–H groups in total. The molecule has 2 aromatic carbocycles. The van der Waals surface area contributed by atoms with E-state index in [-0.39, 0.29) is 24.4 Å². The number of rotatable bonds is 10. The zero-order valence-electron chi connectivity index (χ0n) is 20.4. The zero-order valence-corrected chi connectivity index (χ0v) is 20.4. The van der Waals surface area contributed by atoms with Gasteiger partial charge in [-0.3, -0.25) is 14.5 Å². The van der Waals surface area contributed by atoms with Gasteiger partial charge in [0.05, 0.1) is 18.7 Å². The molecule has 9 nitrogen and oxygen atoms in total. The molecule has 0 saturated heterocycles. The third-order valence-corrected chi connectivity index (χ3v) is 5.79. The van der Waals surface area contributed by atoms with E-state index in [1.807, 2.05) is 24.3 Å². The third kappa shape index (κ3) is 5.12. The summed E-state index contributed by atoms with van der Waals surface area (Å²) < 4.78 is 36.4. The van der Waals surface area contributed by atoms with Crippen molar-refractivity contribution in [2.45, 2.75) is 20.0 Å². The Balaban J connectivity index is 1.56. The summed E-state index contributed by atoms with van der Waals surface area (Å²) in [5.41, 5.74) is 2.37. The summed E-state index contributed by atoms with van der Waals surface area (Å²) in [6.45, 7) is 2.11. The summed E-state index contributed by atoms with van der Waals surface area (Å²) in [5, 5.41) is 11.2. The van der Waals surface area contributed by atoms with Crippen LogP contribution in [0, 0.1) is 11.6 Å². The van der Waals surface area contributed by atoms with E-state index < -0.39 is 11.6 Å². The Bertz CT molecular complexity index is 1570. The molecule has 5 aromatic rings. The number of amides is 1. The minimum Gasteiger partial charge on any atom is -0.494 e. The van der Waals surface area contributed by atoms with E-state index >= 15 is 0 Å². The maximum atomic E-state index is 14.8. The summed E-state index contributed by atoms with van der Waals surface area (Å²) in [5.74, 6) is -0.538. The lowest BCUT2D eigenvalue weighted by Gasteiger charge is -2.11. The van der Waals surface area contributed by atoms with Crippen LogP contribution in [0.15, 0.2) is 67.1 Å². The lowest BCUT2D eigenvalue weighted by Crippen LogP contribution is -2.13. The number of pyridine rings is 1. The molecule has 0 saturated carbocycles. The number of hydrogen-bond acceptors (Lipinski definition) is 7. The minimum atomic E-state index is -0.721. The Hall–Kier alpha value is -4.93. The van der Waals surface area contributed by atoms with Gasteiger partial charge in [0.2, 0.25) is 6.41 Å². The molecule has 192 valence electrons. The average Bonchev–Trinajstić information content (AvgIpc) is 3.29. The number of ether oxygens (including phenoxy) is 1. The first-order chi connectivity index (χ1) is 18.6. The van der Waals surface area contributed by atoms with Crippen LogP contribution in [-0.2, 0) is 17.9 Å². The van der Waals surface area contributed by atoms with Crippen molar-refractivity contribution in [2.24, 2.45) is 0 Å². The van der Waals surface area contributed by atoms with Crippen molar-refractivity contribution < 1.29 is 18.3 Å². The van der Waals surface area contributed by atoms with Crippen LogP contribution in [0.3, 0.4) is 0 Å². The monoisotopic (exact) mass is 515 g/mol. The molecule has 0 aliphatic rings. The van der Waals surface area contributed by atoms with Crippen molar-refractivity contribution >= 4 is 28.8 Å². The summed E-state index contributed by atoms with van der Waals surface area (Å²) >= 11 is 0. The fraction of sp³-hybridized carbons (Fsp3) is 0.148. The van der Waals surface area contributed by atoms with Crippen LogP contribution in [0.5, 0.6) is 5.75 Å². The average molecular weight is 516 g/mol. The maximum absolute atomic E-state index is 14.8. The topological polar surface area (TPSA) is 107 Å². The molecule has 0 unspecified atom stereocenters. The van der Waals surface area contributed by atoms with Gasteiger partial charge in [0.25, 0.3) is 0 Å². The van der Waals surface area contributed by atoms with Gasteiger partial charge in [-0.15, -0.1) is 0 Å². The molecular weight excluding hydrogens is 492 g/mol. The van der Waals surface area contributed by atoms with Gasteiger partial charge in [-0.2, -0.15) is 5.10 Å². The second kappa shape index (κ2) is 11.0. The summed E-state index contributed by atoms with van der Waals surface area (Å²) in [6, 6.07) is 13.2. The van der Waals surface area contributed by atoms with Crippen LogP contribution >= 0.6 is 0 Å². The number of aromatic nitrogens is 5. The van der Waals surface area contributed by atoms with E-state index in [4.69, 9.17) is 4.74 Å². The van der Waals surface area contributed by atoms with Gasteiger partial charge < -0.3 is 15.4 Å². The van der Waals surface area contributed by atoms with Gasteiger partial charge in [-0.25, -0.2) is 18.7 Å². The zero-order chi connectivity index (χ0) is 26.5. The summed E-state index contributed by atoms with van der Waals surface area (Å²) in [6.07, 6.45) is 5.48. The van der Waals surface area contributed by atoms with Crippen LogP contribution in [0.4, 0.5) is 20.3 Å². The van der Waals surface area contributed by atoms with Crippen molar-refractivity contribution in [3.63, 3.8) is 0 Å². The second-order valence-corrected chi connectivity index (χ2v) is 8.25. The predicted octanol–water partition coefficient (Wildman–Crippen LogP) is 4.60. The number of benzene rings is 2. The van der Waals surface area contributed by atoms with Crippen LogP contribution in [-0.4, -0.2) is 37.7 Å². The van der Waals surface area contributed by atoms with E-state index in [9.17, 15) is 13.6 Å². The Morgan fingerprint density at radius 1 is 1.08 bits per heavy atom. The Kier molecular flexibility index (Phi) is 7.16. The molecule has 0 spiro atoms. The molecule has 0 radical (unpaired) electrons. The number of para-hydroxylation sites is 1. The number of hydrogen-bond donors (Lipinski definition) is 2. The molecule has 1 amide bonds. The smallest absolute Gasteiger partial charge is 0.207 e. The van der Waals surface area contributed by atoms with Gasteiger partial charge in [-0.05, 0) is 25.1 Å². The van der Waals surface area contributed by atoms with Gasteiger partial charge in [0.1, 0.15) is 28.9 Å². The highest BCUT2D eigenvalue weighted by Gasteiger charge is 2.19. The fourth-order valence-electron chi connectivity index (χ4n) is 4.03. The highest BCUT2D eigenvalue weighted by atomic mass is 19.1. The largest absolute Gasteiger partial charge is 0.494 e. The fourth-order valence-corrected chi connectivity index (χ4v) is 4.03. The lowest BCUT2D eigenvalue weighted by atomic mass is 10.1. The van der Waals surface area contributed by atoms with E-state index in [0.717, 1.165) is 5.69 Å². The Morgan fingerprint density at radius 2 is 1.84 bits per heavy atom. The van der Waals surface area contributed by atoms with Crippen molar-refractivity contribution in [1.82, 2.24) is 30.0 Å². The number of carbonyl (C=O) groups is 1. The molecular formula is C27H23F2N7O2. The predicted molar refractivity (Wildman–Crippen MR) is 138 cm³/mol. The SMILES string of the molecule is CCOc1cc(F)c(Cn2nc(-c3ncc(CNC=O)c(Nc4ccncc4)n3)c3ccccc32)c(F)c1. The molecule has 0 aliphatic heterocycles. The number of anilines is 2. The first kappa shape index (κ1) is 24.8. The van der Waals surface area contributed by atoms with E-state index in [2.05, 4.69) is 30.7 Å². The summed E-state index contributed by atoms with van der Waals surface area (Å²) in [4.78, 5) is 24.1. The number of nitrogens with one attached hydrogen (secondary N) is 2. The minimum absolute atomic E-state index is 0.129. The highest BCUT2D eigenvalue weighted by Crippen LogP contribution is 2.30. The number of halogens is 2. The number of fused-ring (bicyclic) bond motifs is 1. The van der Waals surface area contributed by atoms with Crippen LogP contribution in [0.1, 0.15) is 18.1 Å². The first-order valence-corrected chi connectivity index (χ1v) is 11.8. The number of carbonyl (C=O) groups excluding carboxylic acids is 1. The van der Waals surface area contributed by atoms with Crippen LogP contribution < -0.4 is 15.4 Å². The van der Waals surface area contributed by atoms with Crippen molar-refractivity contribution in [3.05, 3.63) is 89.9 Å². The van der Waals surface area contributed by atoms with Gasteiger partial charge in [0, 0.05) is 59.5 Å². The lowest BCUT2D eigenvalue weighted by molar-refractivity contribution is -0.109. The molecule has 3 aromatic heterocycles. The molecule has 0 atom stereocenters. The van der Waals surface area contributed by atoms with Gasteiger partial charge in [-0.1, -0.05) is 18.2 Å². The van der Waals surface area contributed by atoms with Crippen molar-refractivity contribution in [3.8, 4) is 17.3 Å². The van der Waals surface area contributed by atoms with Gasteiger partial charge in [0.15, 0.2) is 5.82 Å². The Labute approximate surface area is 216 Å². The summed E-state index contributed by atoms with van der Waals surface area (Å²) in [7, 11) is 0. The standard InChI is InChI=1S/C27H23F2N7O2/c1-2-38-19-11-22(28)21(23(29)12-19)15-36-24-6-4-3-5-20(24)25(35-36)27-32-14-17(13-31-16-37)26(34-27)33-18-7-9-30-10-8-18/h3-12,14,16H,2,13,15H2,1H3,(H,31,37)(H,30,32,33,34). The van der Waals surface area contributed by atoms with Crippen molar-refractivity contribution in [1.29, 1.82) is 0 Å². The number of nitrogens with zero attached hydrogens (tertiary/aromatic N) is 5. The second-order valence-electron chi connectivity index (χ2n) is 8.25. The van der Waals surface area contributed by atoms with E-state index in [1.54, 1.807) is 37.6 Å². The first-order valence-electron chi connectivity index (χ1n) is 11.8. The van der Waals surface area contributed by atoms with Crippen LogP contribution in [0.2, 0.25) is 0 Å². The van der Waals surface area contributed by atoms with Crippen molar-refractivity contribution in [2.75, 3.05) is 11.9 Å². The van der Waals surface area contributed by atoms with Gasteiger partial charge >= 0.3 is 0 Å². The Morgan fingerprint density at radius 3 is 2.58 bits per heavy atom. The molecule has 0 aliphatic carbocycles. The maximum Gasteiger partial charge on any atom is 0.207 e. The van der Waals surface area contributed by atoms with Crippen LogP contribution in [0.25, 0.3) is 22.4 Å². The molecule has 0 fully saturated rings. The van der Waals surface area contributed by atoms with E-state index in [1.165, 1.54) is 16.8 Å². The molecule has 0 bridgehead atoms.